The topological polar surface area (TPSA) is 98.5 Å². The molecule has 0 aromatic heterocycles. The summed E-state index contributed by atoms with van der Waals surface area (Å²) in [7, 11) is -3.68. The quantitative estimate of drug-likeness (QED) is 0.661. The second-order valence-corrected chi connectivity index (χ2v) is 6.70. The molecular weight excluding hydrogens is 284 g/mol. The number of benzene rings is 1. The predicted molar refractivity (Wildman–Crippen MR) is 72.7 cm³/mol. The Kier molecular flexibility index (Phi) is 4.24. The van der Waals surface area contributed by atoms with Crippen molar-refractivity contribution in [3.8, 4) is 5.75 Å². The number of para-hydroxylation sites is 1. The second kappa shape index (κ2) is 5.76. The molecule has 1 aliphatic heterocycles. The highest BCUT2D eigenvalue weighted by Crippen LogP contribution is 2.34. The summed E-state index contributed by atoms with van der Waals surface area (Å²) in [5.74, 6) is 0.00613. The Morgan fingerprint density at radius 3 is 2.75 bits per heavy atom. The van der Waals surface area contributed by atoms with Gasteiger partial charge >= 0.3 is 5.69 Å². The van der Waals surface area contributed by atoms with Gasteiger partial charge in [0.05, 0.1) is 4.92 Å². The molecule has 7 nitrogen and oxygen atoms in total. The van der Waals surface area contributed by atoms with E-state index in [0.29, 0.717) is 6.54 Å². The first-order valence-electron chi connectivity index (χ1n) is 6.24. The van der Waals surface area contributed by atoms with Crippen molar-refractivity contribution in [3.05, 3.63) is 28.3 Å². The Labute approximate surface area is 117 Å². The zero-order chi connectivity index (χ0) is 14.8. The highest BCUT2D eigenvalue weighted by molar-refractivity contribution is 7.90. The number of nitro groups is 1. The lowest BCUT2D eigenvalue weighted by Gasteiger charge is -2.23. The van der Waals surface area contributed by atoms with Crippen LogP contribution in [-0.4, -0.2) is 38.8 Å². The Balaban J connectivity index is 2.39. The number of hydrogen-bond donors (Lipinski definition) is 1. The van der Waals surface area contributed by atoms with Gasteiger partial charge in [-0.25, -0.2) is 8.42 Å². The van der Waals surface area contributed by atoms with Crippen LogP contribution in [0.3, 0.4) is 0 Å². The zero-order valence-electron chi connectivity index (χ0n) is 11.0. The SMILES string of the molecule is CS(=O)(=O)c1cccc(O[C@H]2CCCNC2)c1[N+](=O)[O-]. The molecule has 1 N–H and O–H groups in total. The molecule has 1 aromatic carbocycles. The maximum atomic E-state index is 11.6. The van der Waals surface area contributed by atoms with Crippen molar-refractivity contribution in [2.24, 2.45) is 0 Å². The van der Waals surface area contributed by atoms with Crippen LogP contribution in [-0.2, 0) is 9.84 Å². The zero-order valence-corrected chi connectivity index (χ0v) is 11.9. The van der Waals surface area contributed by atoms with Gasteiger partial charge in [-0.2, -0.15) is 0 Å². The first kappa shape index (κ1) is 14.7. The van der Waals surface area contributed by atoms with E-state index in [1.165, 1.54) is 18.2 Å². The van der Waals surface area contributed by atoms with Gasteiger partial charge in [0.1, 0.15) is 11.0 Å². The Hall–Kier alpha value is -1.67. The minimum atomic E-state index is -3.68. The van der Waals surface area contributed by atoms with Gasteiger partial charge in [0.15, 0.2) is 15.6 Å². The van der Waals surface area contributed by atoms with Crippen LogP contribution < -0.4 is 10.1 Å². The van der Waals surface area contributed by atoms with Crippen LogP contribution in [0.4, 0.5) is 5.69 Å². The average molecular weight is 300 g/mol. The Bertz CT molecular complexity index is 608. The molecular formula is C12H16N2O5S. The van der Waals surface area contributed by atoms with Crippen LogP contribution in [0.1, 0.15) is 12.8 Å². The van der Waals surface area contributed by atoms with E-state index in [4.69, 9.17) is 4.74 Å². The number of nitrogens with zero attached hydrogens (tertiary/aromatic N) is 1. The summed E-state index contributed by atoms with van der Waals surface area (Å²) >= 11 is 0. The minimum absolute atomic E-state index is 0.00613. The fourth-order valence-electron chi connectivity index (χ4n) is 2.18. The molecule has 110 valence electrons. The maximum absolute atomic E-state index is 11.6. The Morgan fingerprint density at radius 2 is 2.20 bits per heavy atom. The van der Waals surface area contributed by atoms with Crippen LogP contribution in [0.15, 0.2) is 23.1 Å². The van der Waals surface area contributed by atoms with E-state index >= 15 is 0 Å². The van der Waals surface area contributed by atoms with Crippen molar-refractivity contribution in [1.29, 1.82) is 0 Å². The number of nitrogens with one attached hydrogen (secondary N) is 1. The molecule has 0 spiro atoms. The summed E-state index contributed by atoms with van der Waals surface area (Å²) in [5, 5.41) is 14.3. The largest absolute Gasteiger partial charge is 0.482 e. The summed E-state index contributed by atoms with van der Waals surface area (Å²) in [6.45, 7) is 1.49. The number of sulfone groups is 1. The van der Waals surface area contributed by atoms with Crippen molar-refractivity contribution < 1.29 is 18.1 Å². The molecule has 1 fully saturated rings. The van der Waals surface area contributed by atoms with Gasteiger partial charge in [0, 0.05) is 12.8 Å². The highest BCUT2D eigenvalue weighted by Gasteiger charge is 2.28. The molecule has 0 unspecified atom stereocenters. The van der Waals surface area contributed by atoms with Crippen LogP contribution >= 0.6 is 0 Å². The third kappa shape index (κ3) is 3.26. The standard InChI is InChI=1S/C12H16N2O5S/c1-20(17,18)11-6-2-5-10(12(11)14(15)16)19-9-4-3-7-13-8-9/h2,5-6,9,13H,3-4,7-8H2,1H3/t9-/m0/s1. The summed E-state index contributed by atoms with van der Waals surface area (Å²) < 4.78 is 28.9. The van der Waals surface area contributed by atoms with E-state index in [9.17, 15) is 18.5 Å². The molecule has 0 saturated carbocycles. The van der Waals surface area contributed by atoms with Gasteiger partial charge in [-0.3, -0.25) is 10.1 Å². The molecule has 8 heteroatoms. The van der Waals surface area contributed by atoms with Gasteiger partial charge < -0.3 is 10.1 Å². The van der Waals surface area contributed by atoms with Crippen LogP contribution in [0.25, 0.3) is 0 Å². The average Bonchev–Trinajstić information content (AvgIpc) is 2.38. The lowest BCUT2D eigenvalue weighted by Crippen LogP contribution is -2.37. The van der Waals surface area contributed by atoms with Crippen LogP contribution in [0, 0.1) is 10.1 Å². The molecule has 2 rings (SSSR count). The molecule has 0 radical (unpaired) electrons. The monoisotopic (exact) mass is 300 g/mol. The molecule has 20 heavy (non-hydrogen) atoms. The number of nitro benzene ring substituents is 1. The fraction of sp³-hybridized carbons (Fsp3) is 0.500. The van der Waals surface area contributed by atoms with E-state index in [1.807, 2.05) is 0 Å². The first-order valence-corrected chi connectivity index (χ1v) is 8.13. The normalized spacial score (nSPS) is 19.6. The molecule has 0 aliphatic carbocycles. The summed E-state index contributed by atoms with van der Waals surface area (Å²) in [6.07, 6.45) is 2.47. The third-order valence-electron chi connectivity index (χ3n) is 3.09. The van der Waals surface area contributed by atoms with E-state index in [0.717, 1.165) is 25.6 Å². The molecule has 1 heterocycles. The molecule has 1 aromatic rings. The first-order chi connectivity index (χ1) is 9.39. The van der Waals surface area contributed by atoms with Crippen molar-refractivity contribution in [1.82, 2.24) is 5.32 Å². The fourth-order valence-corrected chi connectivity index (χ4v) is 3.03. The number of piperidine rings is 1. The van der Waals surface area contributed by atoms with Gasteiger partial charge in [0.25, 0.3) is 0 Å². The van der Waals surface area contributed by atoms with E-state index in [2.05, 4.69) is 5.32 Å². The van der Waals surface area contributed by atoms with Crippen molar-refractivity contribution in [2.75, 3.05) is 19.3 Å². The van der Waals surface area contributed by atoms with E-state index in [-0.39, 0.29) is 16.7 Å². The van der Waals surface area contributed by atoms with E-state index in [1.54, 1.807) is 0 Å². The molecule has 1 aliphatic rings. The lowest BCUT2D eigenvalue weighted by atomic mass is 10.1. The Morgan fingerprint density at radius 1 is 1.45 bits per heavy atom. The number of rotatable bonds is 4. The van der Waals surface area contributed by atoms with Gasteiger partial charge in [-0.05, 0) is 31.5 Å². The summed E-state index contributed by atoms with van der Waals surface area (Å²) in [6, 6.07) is 4.11. The number of hydrogen-bond acceptors (Lipinski definition) is 6. The van der Waals surface area contributed by atoms with Gasteiger partial charge in [-0.15, -0.1) is 0 Å². The van der Waals surface area contributed by atoms with Crippen molar-refractivity contribution in [3.63, 3.8) is 0 Å². The highest BCUT2D eigenvalue weighted by atomic mass is 32.2. The maximum Gasteiger partial charge on any atom is 0.329 e. The smallest absolute Gasteiger partial charge is 0.329 e. The van der Waals surface area contributed by atoms with E-state index < -0.39 is 20.4 Å². The summed E-state index contributed by atoms with van der Waals surface area (Å²) in [5.41, 5.74) is -0.486. The molecule has 1 atom stereocenters. The van der Waals surface area contributed by atoms with Crippen LogP contribution in [0.2, 0.25) is 0 Å². The molecule has 0 amide bonds. The third-order valence-corrected chi connectivity index (χ3v) is 4.22. The van der Waals surface area contributed by atoms with Crippen molar-refractivity contribution >= 4 is 15.5 Å². The number of ether oxygens (including phenoxy) is 1. The van der Waals surface area contributed by atoms with Gasteiger partial charge in [0.2, 0.25) is 0 Å². The molecule has 1 saturated heterocycles. The summed E-state index contributed by atoms with van der Waals surface area (Å²) in [4.78, 5) is 10.2. The van der Waals surface area contributed by atoms with Gasteiger partial charge in [-0.1, -0.05) is 6.07 Å². The molecule has 0 bridgehead atoms. The van der Waals surface area contributed by atoms with Crippen molar-refractivity contribution in [2.45, 2.75) is 23.8 Å². The lowest BCUT2D eigenvalue weighted by molar-refractivity contribution is -0.389. The minimum Gasteiger partial charge on any atom is -0.482 e. The van der Waals surface area contributed by atoms with Crippen LogP contribution in [0.5, 0.6) is 5.75 Å². The second-order valence-electron chi connectivity index (χ2n) is 4.72. The predicted octanol–water partition coefficient (Wildman–Crippen LogP) is 1.13.